The van der Waals surface area contributed by atoms with Gasteiger partial charge in [-0.1, -0.05) is 17.7 Å². The highest BCUT2D eigenvalue weighted by Gasteiger charge is 2.18. The smallest absolute Gasteiger partial charge is 0.251 e. The maximum Gasteiger partial charge on any atom is 0.251 e. The summed E-state index contributed by atoms with van der Waals surface area (Å²) in [6, 6.07) is 9.34. The Labute approximate surface area is 157 Å². The van der Waals surface area contributed by atoms with E-state index in [2.05, 4.69) is 10.0 Å². The van der Waals surface area contributed by atoms with Gasteiger partial charge in [0.1, 0.15) is 4.90 Å². The van der Waals surface area contributed by atoms with Crippen molar-refractivity contribution in [3.05, 3.63) is 52.5 Å². The molecule has 0 fully saturated rings. The Morgan fingerprint density at radius 1 is 1.08 bits per heavy atom. The third kappa shape index (κ3) is 4.46. The summed E-state index contributed by atoms with van der Waals surface area (Å²) in [5.41, 5.74) is 0.983. The fourth-order valence-electron chi connectivity index (χ4n) is 2.24. The van der Waals surface area contributed by atoms with Crippen molar-refractivity contribution >= 4 is 27.5 Å². The first-order valence-electron chi connectivity index (χ1n) is 7.54. The second kappa shape index (κ2) is 8.39. The second-order valence-corrected chi connectivity index (χ2v) is 7.49. The van der Waals surface area contributed by atoms with Gasteiger partial charge in [0.25, 0.3) is 5.91 Å². The fourth-order valence-corrected chi connectivity index (χ4v) is 3.48. The zero-order valence-corrected chi connectivity index (χ0v) is 16.1. The molecule has 7 nitrogen and oxygen atoms in total. The molecule has 140 valence electrons. The van der Waals surface area contributed by atoms with Crippen LogP contribution in [-0.2, 0) is 16.6 Å². The number of hydrogen-bond acceptors (Lipinski definition) is 5. The Morgan fingerprint density at radius 3 is 2.38 bits per heavy atom. The van der Waals surface area contributed by atoms with Gasteiger partial charge in [-0.2, -0.15) is 0 Å². The molecule has 0 saturated carbocycles. The minimum Gasteiger partial charge on any atom is -0.493 e. The molecule has 0 radical (unpaired) electrons. The van der Waals surface area contributed by atoms with Gasteiger partial charge in [-0.15, -0.1) is 0 Å². The average Bonchev–Trinajstić information content (AvgIpc) is 2.65. The van der Waals surface area contributed by atoms with Crippen molar-refractivity contribution in [2.45, 2.75) is 11.4 Å². The van der Waals surface area contributed by atoms with Gasteiger partial charge in [-0.3, -0.25) is 4.79 Å². The third-order valence-corrected chi connectivity index (χ3v) is 5.55. The van der Waals surface area contributed by atoms with E-state index >= 15 is 0 Å². The summed E-state index contributed by atoms with van der Waals surface area (Å²) in [4.78, 5) is 12.2. The molecule has 2 aromatic rings. The van der Waals surface area contributed by atoms with Crippen molar-refractivity contribution in [3.63, 3.8) is 0 Å². The first-order chi connectivity index (χ1) is 12.3. The number of halogens is 1. The molecule has 1 amide bonds. The Bertz CT molecular complexity index is 915. The molecule has 0 saturated heterocycles. The zero-order valence-electron chi connectivity index (χ0n) is 14.5. The molecule has 0 spiro atoms. The van der Waals surface area contributed by atoms with Crippen molar-refractivity contribution < 1.29 is 22.7 Å². The highest BCUT2D eigenvalue weighted by molar-refractivity contribution is 7.89. The minimum absolute atomic E-state index is 0.0378. The number of sulfonamides is 1. The molecule has 0 aliphatic rings. The quantitative estimate of drug-likeness (QED) is 0.745. The summed E-state index contributed by atoms with van der Waals surface area (Å²) in [5.74, 6) is 0.708. The van der Waals surface area contributed by atoms with Gasteiger partial charge in [0.05, 0.1) is 19.2 Å². The van der Waals surface area contributed by atoms with E-state index in [4.69, 9.17) is 21.1 Å². The number of methoxy groups -OCH3 is 2. The van der Waals surface area contributed by atoms with Gasteiger partial charge >= 0.3 is 0 Å². The lowest BCUT2D eigenvalue weighted by Crippen LogP contribution is -2.24. The van der Waals surface area contributed by atoms with Crippen LogP contribution >= 0.6 is 11.6 Å². The van der Waals surface area contributed by atoms with E-state index in [-0.39, 0.29) is 22.0 Å². The highest BCUT2D eigenvalue weighted by Crippen LogP contribution is 2.27. The van der Waals surface area contributed by atoms with Crippen LogP contribution in [0.25, 0.3) is 0 Å². The van der Waals surface area contributed by atoms with Crippen LogP contribution in [0.4, 0.5) is 0 Å². The number of rotatable bonds is 7. The van der Waals surface area contributed by atoms with Crippen LogP contribution in [0.3, 0.4) is 0 Å². The van der Waals surface area contributed by atoms with Crippen molar-refractivity contribution in [2.24, 2.45) is 0 Å². The number of carbonyl (C=O) groups is 1. The normalized spacial score (nSPS) is 11.1. The van der Waals surface area contributed by atoms with E-state index in [1.165, 1.54) is 39.5 Å². The molecule has 2 N–H and O–H groups in total. The van der Waals surface area contributed by atoms with E-state index in [0.29, 0.717) is 11.5 Å². The first-order valence-corrected chi connectivity index (χ1v) is 9.40. The highest BCUT2D eigenvalue weighted by atomic mass is 35.5. The first kappa shape index (κ1) is 20.0. The van der Waals surface area contributed by atoms with Gasteiger partial charge in [-0.25, -0.2) is 13.1 Å². The summed E-state index contributed by atoms with van der Waals surface area (Å²) in [6.07, 6.45) is 0. The molecule has 9 heteroatoms. The van der Waals surface area contributed by atoms with E-state index in [0.717, 1.165) is 5.56 Å². The third-order valence-electron chi connectivity index (χ3n) is 3.65. The largest absolute Gasteiger partial charge is 0.493 e. The van der Waals surface area contributed by atoms with Crippen LogP contribution < -0.4 is 19.5 Å². The predicted molar refractivity (Wildman–Crippen MR) is 98.4 cm³/mol. The zero-order chi connectivity index (χ0) is 19.3. The van der Waals surface area contributed by atoms with Crippen LogP contribution in [0.5, 0.6) is 11.5 Å². The molecule has 0 atom stereocenters. The number of ether oxygens (including phenoxy) is 2. The van der Waals surface area contributed by atoms with Crippen molar-refractivity contribution in [3.8, 4) is 11.5 Å². The number of benzene rings is 2. The number of carbonyl (C=O) groups excluding carboxylic acids is 1. The molecule has 0 bridgehead atoms. The number of hydrogen-bond donors (Lipinski definition) is 2. The maximum absolute atomic E-state index is 12.3. The molecule has 0 aliphatic carbocycles. The lowest BCUT2D eigenvalue weighted by Gasteiger charge is -2.11. The topological polar surface area (TPSA) is 93.7 Å². The summed E-state index contributed by atoms with van der Waals surface area (Å²) in [7, 11) is 0.576. The lowest BCUT2D eigenvalue weighted by molar-refractivity contribution is 0.0950. The van der Waals surface area contributed by atoms with E-state index in [1.807, 2.05) is 0 Å². The van der Waals surface area contributed by atoms with E-state index in [9.17, 15) is 13.2 Å². The second-order valence-electron chi connectivity index (χ2n) is 5.22. The summed E-state index contributed by atoms with van der Waals surface area (Å²) < 4.78 is 36.5. The van der Waals surface area contributed by atoms with Crippen molar-refractivity contribution in [2.75, 3.05) is 21.3 Å². The van der Waals surface area contributed by atoms with Gasteiger partial charge in [0.15, 0.2) is 11.5 Å². The van der Waals surface area contributed by atoms with Crippen LogP contribution in [-0.4, -0.2) is 35.6 Å². The number of amides is 1. The van der Waals surface area contributed by atoms with Crippen LogP contribution in [0.2, 0.25) is 5.02 Å². The molecule has 2 aromatic carbocycles. The Kier molecular flexibility index (Phi) is 6.47. The van der Waals surface area contributed by atoms with Gasteiger partial charge < -0.3 is 14.8 Å². The average molecular weight is 399 g/mol. The van der Waals surface area contributed by atoms with Crippen LogP contribution in [0.15, 0.2) is 41.3 Å². The summed E-state index contributed by atoms with van der Waals surface area (Å²) in [6.45, 7) is 0.232. The minimum atomic E-state index is -3.76. The van der Waals surface area contributed by atoms with E-state index < -0.39 is 15.9 Å². The molecule has 26 heavy (non-hydrogen) atoms. The molecule has 0 heterocycles. The Balaban J connectivity index is 2.17. The van der Waals surface area contributed by atoms with Gasteiger partial charge in [-0.05, 0) is 42.9 Å². The Morgan fingerprint density at radius 2 is 1.77 bits per heavy atom. The van der Waals surface area contributed by atoms with Crippen LogP contribution in [0, 0.1) is 0 Å². The van der Waals surface area contributed by atoms with Crippen LogP contribution in [0.1, 0.15) is 15.9 Å². The van der Waals surface area contributed by atoms with Gasteiger partial charge in [0.2, 0.25) is 10.0 Å². The van der Waals surface area contributed by atoms with Gasteiger partial charge in [0, 0.05) is 12.1 Å². The van der Waals surface area contributed by atoms with Crippen molar-refractivity contribution in [1.82, 2.24) is 10.0 Å². The molecular formula is C17H19ClN2O5S. The summed E-state index contributed by atoms with van der Waals surface area (Å²) in [5, 5.41) is 2.76. The molecule has 0 aliphatic heterocycles. The predicted octanol–water partition coefficient (Wildman–Crippen LogP) is 2.20. The molecule has 0 unspecified atom stereocenters. The lowest BCUT2D eigenvalue weighted by atomic mass is 10.1. The molecule has 2 rings (SSSR count). The van der Waals surface area contributed by atoms with Crippen molar-refractivity contribution in [1.29, 1.82) is 0 Å². The van der Waals surface area contributed by atoms with E-state index in [1.54, 1.807) is 18.2 Å². The fraction of sp³-hybridized carbons (Fsp3) is 0.235. The monoisotopic (exact) mass is 398 g/mol. The molecule has 0 aromatic heterocycles. The standard InChI is InChI=1S/C17H19ClN2O5S/c1-19-26(22,23)16-9-12(5-6-13(16)18)17(21)20-10-11-4-7-14(24-2)15(8-11)25-3/h4-9,19H,10H2,1-3H3,(H,20,21). The number of nitrogens with one attached hydrogen (secondary N) is 2. The maximum atomic E-state index is 12.3. The Hall–Kier alpha value is -2.29. The SMILES string of the molecule is CNS(=O)(=O)c1cc(C(=O)NCc2ccc(OC)c(OC)c2)ccc1Cl. The summed E-state index contributed by atoms with van der Waals surface area (Å²) >= 11 is 5.92. The molecular weight excluding hydrogens is 380 g/mol.